The van der Waals surface area contributed by atoms with Crippen molar-refractivity contribution >= 4 is 17.3 Å². The van der Waals surface area contributed by atoms with E-state index in [0.717, 1.165) is 0 Å². The van der Waals surface area contributed by atoms with E-state index in [0.29, 0.717) is 11.4 Å². The van der Waals surface area contributed by atoms with Crippen LogP contribution in [-0.2, 0) is 0 Å². The normalized spacial score (nSPS) is 11.1. The number of rotatable bonds is 2. The minimum atomic E-state index is -0.952. The Labute approximate surface area is 89.1 Å². The van der Waals surface area contributed by atoms with E-state index in [1.54, 1.807) is 12.1 Å². The highest BCUT2D eigenvalue weighted by Crippen LogP contribution is 2.23. The molecule has 0 bridgehead atoms. The number of hydrogen-bond acceptors (Lipinski definition) is 3. The van der Waals surface area contributed by atoms with E-state index in [1.807, 2.05) is 20.8 Å². The van der Waals surface area contributed by atoms with E-state index in [9.17, 15) is 4.79 Å². The molecular formula is C11H16N2O2. The fourth-order valence-corrected chi connectivity index (χ4v) is 1.20. The van der Waals surface area contributed by atoms with Gasteiger partial charge in [-0.15, -0.1) is 0 Å². The van der Waals surface area contributed by atoms with Crippen molar-refractivity contribution in [3.8, 4) is 0 Å². The summed E-state index contributed by atoms with van der Waals surface area (Å²) in [6.45, 7) is 5.96. The molecule has 4 N–H and O–H groups in total. The highest BCUT2D eigenvalue weighted by atomic mass is 16.4. The van der Waals surface area contributed by atoms with Crippen molar-refractivity contribution in [2.45, 2.75) is 26.3 Å². The van der Waals surface area contributed by atoms with Crippen LogP contribution in [0.25, 0.3) is 0 Å². The van der Waals surface area contributed by atoms with Gasteiger partial charge in [0.2, 0.25) is 0 Å². The predicted octanol–water partition coefficient (Wildman–Crippen LogP) is 2.18. The average Bonchev–Trinajstić information content (AvgIpc) is 2.06. The van der Waals surface area contributed by atoms with Gasteiger partial charge in [-0.2, -0.15) is 0 Å². The second-order valence-corrected chi connectivity index (χ2v) is 4.48. The molecule has 0 aliphatic heterocycles. The summed E-state index contributed by atoms with van der Waals surface area (Å²) in [6, 6.07) is 4.63. The van der Waals surface area contributed by atoms with Crippen LogP contribution in [0.15, 0.2) is 18.2 Å². The van der Waals surface area contributed by atoms with Crippen LogP contribution in [0, 0.1) is 0 Å². The molecule has 0 saturated heterocycles. The van der Waals surface area contributed by atoms with Gasteiger partial charge in [-0.1, -0.05) is 0 Å². The molecule has 4 heteroatoms. The second kappa shape index (κ2) is 3.81. The molecule has 1 aromatic rings. The Balaban J connectivity index is 3.06. The van der Waals surface area contributed by atoms with Gasteiger partial charge in [-0.3, -0.25) is 0 Å². The van der Waals surface area contributed by atoms with Gasteiger partial charge in [-0.25, -0.2) is 4.79 Å². The van der Waals surface area contributed by atoms with Crippen LogP contribution in [0.3, 0.4) is 0 Å². The number of nitrogens with one attached hydrogen (secondary N) is 1. The predicted molar refractivity (Wildman–Crippen MR) is 61.2 cm³/mol. The van der Waals surface area contributed by atoms with Crippen LogP contribution < -0.4 is 11.1 Å². The Bertz CT molecular complexity index is 381. The first-order valence-corrected chi connectivity index (χ1v) is 4.70. The topological polar surface area (TPSA) is 75.3 Å². The quantitative estimate of drug-likeness (QED) is 0.651. The van der Waals surface area contributed by atoms with Crippen LogP contribution in [0.2, 0.25) is 0 Å². The second-order valence-electron chi connectivity index (χ2n) is 4.48. The molecule has 0 atom stereocenters. The van der Waals surface area contributed by atoms with Crippen LogP contribution >= 0.6 is 0 Å². The maximum absolute atomic E-state index is 10.8. The van der Waals surface area contributed by atoms with Gasteiger partial charge < -0.3 is 16.2 Å². The molecule has 0 amide bonds. The third-order valence-corrected chi connectivity index (χ3v) is 1.81. The molecule has 0 unspecified atom stereocenters. The van der Waals surface area contributed by atoms with Crippen molar-refractivity contribution < 1.29 is 9.90 Å². The lowest BCUT2D eigenvalue weighted by atomic mass is 10.1. The first-order chi connectivity index (χ1) is 6.79. The molecule has 0 heterocycles. The van der Waals surface area contributed by atoms with E-state index >= 15 is 0 Å². The largest absolute Gasteiger partial charge is 0.478 e. The molecule has 15 heavy (non-hydrogen) atoms. The van der Waals surface area contributed by atoms with Crippen molar-refractivity contribution in [2.75, 3.05) is 11.1 Å². The summed E-state index contributed by atoms with van der Waals surface area (Å²) in [4.78, 5) is 10.8. The maximum atomic E-state index is 10.8. The minimum Gasteiger partial charge on any atom is -0.478 e. The van der Waals surface area contributed by atoms with Crippen molar-refractivity contribution in [3.63, 3.8) is 0 Å². The van der Waals surface area contributed by atoms with Crippen molar-refractivity contribution in [3.05, 3.63) is 23.8 Å². The van der Waals surface area contributed by atoms with Crippen molar-refractivity contribution in [2.24, 2.45) is 0 Å². The third-order valence-electron chi connectivity index (χ3n) is 1.81. The number of nitrogens with two attached hydrogens (primary N) is 1. The monoisotopic (exact) mass is 208 g/mol. The molecule has 0 aromatic heterocycles. The van der Waals surface area contributed by atoms with E-state index in [-0.39, 0.29) is 11.1 Å². The zero-order chi connectivity index (χ0) is 11.6. The smallest absolute Gasteiger partial charge is 0.335 e. The lowest BCUT2D eigenvalue weighted by molar-refractivity contribution is 0.0697. The number of carboxylic acid groups (broad SMARTS) is 1. The van der Waals surface area contributed by atoms with Gasteiger partial charge in [-0.05, 0) is 39.0 Å². The Morgan fingerprint density at radius 2 is 2.00 bits per heavy atom. The number of hydrogen-bond donors (Lipinski definition) is 3. The molecule has 0 aliphatic carbocycles. The molecular weight excluding hydrogens is 192 g/mol. The van der Waals surface area contributed by atoms with E-state index < -0.39 is 5.97 Å². The van der Waals surface area contributed by atoms with Crippen LogP contribution in [0.1, 0.15) is 31.1 Å². The summed E-state index contributed by atoms with van der Waals surface area (Å²) < 4.78 is 0. The molecule has 1 rings (SSSR count). The zero-order valence-electron chi connectivity index (χ0n) is 9.16. The van der Waals surface area contributed by atoms with E-state index in [1.165, 1.54) is 6.07 Å². The van der Waals surface area contributed by atoms with Crippen molar-refractivity contribution in [1.82, 2.24) is 0 Å². The highest BCUT2D eigenvalue weighted by Gasteiger charge is 2.13. The Hall–Kier alpha value is -1.71. The summed E-state index contributed by atoms with van der Waals surface area (Å²) in [5.74, 6) is -0.952. The molecule has 0 aliphatic rings. The van der Waals surface area contributed by atoms with Gasteiger partial charge in [0.15, 0.2) is 0 Å². The number of carbonyl (C=O) groups is 1. The van der Waals surface area contributed by atoms with Crippen LogP contribution in [0.5, 0.6) is 0 Å². The Morgan fingerprint density at radius 1 is 1.40 bits per heavy atom. The fourth-order valence-electron chi connectivity index (χ4n) is 1.20. The van der Waals surface area contributed by atoms with Gasteiger partial charge in [0.25, 0.3) is 0 Å². The summed E-state index contributed by atoms with van der Waals surface area (Å²) in [5, 5.41) is 12.0. The van der Waals surface area contributed by atoms with E-state index in [2.05, 4.69) is 5.32 Å². The summed E-state index contributed by atoms with van der Waals surface area (Å²) in [6.07, 6.45) is 0. The number of nitrogen functional groups attached to an aromatic ring is 1. The highest BCUT2D eigenvalue weighted by molar-refractivity contribution is 5.90. The Morgan fingerprint density at radius 3 is 2.47 bits per heavy atom. The maximum Gasteiger partial charge on any atom is 0.335 e. The third kappa shape index (κ3) is 3.16. The summed E-state index contributed by atoms with van der Waals surface area (Å²) >= 11 is 0. The van der Waals surface area contributed by atoms with Gasteiger partial charge in [0.1, 0.15) is 0 Å². The number of aromatic carboxylic acids is 1. The van der Waals surface area contributed by atoms with Crippen molar-refractivity contribution in [1.29, 1.82) is 0 Å². The molecule has 4 nitrogen and oxygen atoms in total. The molecule has 0 saturated carbocycles. The van der Waals surface area contributed by atoms with Crippen LogP contribution in [-0.4, -0.2) is 16.6 Å². The van der Waals surface area contributed by atoms with Gasteiger partial charge in [0, 0.05) is 5.54 Å². The molecule has 0 fully saturated rings. The molecule has 1 aromatic carbocycles. The number of carboxylic acids is 1. The standard InChI is InChI=1S/C11H16N2O2/c1-11(2,3)13-9-6-7(10(14)15)4-5-8(9)12/h4-6,13H,12H2,1-3H3,(H,14,15). The molecule has 82 valence electrons. The van der Waals surface area contributed by atoms with Gasteiger partial charge in [0.05, 0.1) is 16.9 Å². The lowest BCUT2D eigenvalue weighted by Crippen LogP contribution is -2.26. The molecule has 0 spiro atoms. The fraction of sp³-hybridized carbons (Fsp3) is 0.364. The van der Waals surface area contributed by atoms with E-state index in [4.69, 9.17) is 10.8 Å². The number of anilines is 2. The first-order valence-electron chi connectivity index (χ1n) is 4.70. The Kier molecular flexibility index (Phi) is 2.88. The SMILES string of the molecule is CC(C)(C)Nc1cc(C(=O)O)ccc1N. The minimum absolute atomic E-state index is 0.148. The van der Waals surface area contributed by atoms with Crippen LogP contribution in [0.4, 0.5) is 11.4 Å². The first kappa shape index (κ1) is 11.4. The zero-order valence-corrected chi connectivity index (χ0v) is 9.16. The number of benzene rings is 1. The molecule has 0 radical (unpaired) electrons. The van der Waals surface area contributed by atoms with Gasteiger partial charge >= 0.3 is 5.97 Å². The summed E-state index contributed by atoms with van der Waals surface area (Å²) in [5.41, 5.74) is 7.03. The summed E-state index contributed by atoms with van der Waals surface area (Å²) in [7, 11) is 0. The average molecular weight is 208 g/mol. The lowest BCUT2D eigenvalue weighted by Gasteiger charge is -2.23.